The summed E-state index contributed by atoms with van der Waals surface area (Å²) in [7, 11) is 5.03. The second kappa shape index (κ2) is 9.58. The molecule has 3 rings (SSSR count). The number of aliphatic hydroxyl groups excluding tert-OH is 1. The van der Waals surface area contributed by atoms with Crippen LogP contribution in [0.1, 0.15) is 17.2 Å². The fourth-order valence-corrected chi connectivity index (χ4v) is 4.31. The van der Waals surface area contributed by atoms with E-state index in [2.05, 4.69) is 0 Å². The Hall–Kier alpha value is -2.45. The SMILES string of the molecule is COc1c(Cl)cc(Cl)cc1/C(O)=C1\C(=O)C(=O)N(CCN(C)C)C1c1ccc(O)c(Cl)c1. The molecule has 2 aromatic carbocycles. The lowest BCUT2D eigenvalue weighted by Gasteiger charge is -2.27. The summed E-state index contributed by atoms with van der Waals surface area (Å²) >= 11 is 18.4. The molecule has 1 heterocycles. The van der Waals surface area contributed by atoms with E-state index in [1.165, 1.54) is 42.3 Å². The Morgan fingerprint density at radius 1 is 1.12 bits per heavy atom. The quantitative estimate of drug-likeness (QED) is 0.349. The van der Waals surface area contributed by atoms with E-state index in [-0.39, 0.29) is 44.2 Å². The zero-order chi connectivity index (χ0) is 23.7. The Balaban J connectivity index is 2.27. The molecule has 1 aliphatic rings. The summed E-state index contributed by atoms with van der Waals surface area (Å²) in [6.07, 6.45) is 0. The van der Waals surface area contributed by atoms with E-state index >= 15 is 0 Å². The van der Waals surface area contributed by atoms with Crippen molar-refractivity contribution in [3.63, 3.8) is 0 Å². The van der Waals surface area contributed by atoms with Gasteiger partial charge < -0.3 is 24.7 Å². The summed E-state index contributed by atoms with van der Waals surface area (Å²) in [6, 6.07) is 6.24. The van der Waals surface area contributed by atoms with Crippen LogP contribution < -0.4 is 4.74 Å². The van der Waals surface area contributed by atoms with Crippen molar-refractivity contribution in [3.05, 3.63) is 62.1 Å². The Labute approximate surface area is 200 Å². The van der Waals surface area contributed by atoms with Crippen molar-refractivity contribution in [2.45, 2.75) is 6.04 Å². The van der Waals surface area contributed by atoms with Gasteiger partial charge in [0.05, 0.1) is 34.3 Å². The number of benzene rings is 2. The van der Waals surface area contributed by atoms with Crippen LogP contribution in [-0.2, 0) is 9.59 Å². The zero-order valence-electron chi connectivity index (χ0n) is 17.5. The van der Waals surface area contributed by atoms with E-state index in [1.807, 2.05) is 19.0 Å². The van der Waals surface area contributed by atoms with Crippen molar-refractivity contribution in [2.24, 2.45) is 0 Å². The van der Waals surface area contributed by atoms with E-state index in [0.717, 1.165) is 0 Å². The number of rotatable bonds is 6. The molecule has 0 spiro atoms. The average molecular weight is 500 g/mol. The molecule has 1 amide bonds. The summed E-state index contributed by atoms with van der Waals surface area (Å²) in [5.41, 5.74) is 0.358. The van der Waals surface area contributed by atoms with Gasteiger partial charge in [0.25, 0.3) is 11.7 Å². The highest BCUT2D eigenvalue weighted by molar-refractivity contribution is 6.47. The number of carbonyl (C=O) groups excluding carboxylic acids is 2. The van der Waals surface area contributed by atoms with Crippen molar-refractivity contribution < 1.29 is 24.5 Å². The molecule has 1 saturated heterocycles. The number of hydrogen-bond acceptors (Lipinski definition) is 6. The molecule has 10 heteroatoms. The molecule has 0 aromatic heterocycles. The van der Waals surface area contributed by atoms with Gasteiger partial charge in [0, 0.05) is 18.1 Å². The number of phenolic OH excluding ortho intramolecular Hbond substituents is 1. The summed E-state index contributed by atoms with van der Waals surface area (Å²) in [4.78, 5) is 29.2. The molecule has 170 valence electrons. The van der Waals surface area contributed by atoms with Gasteiger partial charge in [-0.25, -0.2) is 0 Å². The van der Waals surface area contributed by atoms with Gasteiger partial charge in [-0.15, -0.1) is 0 Å². The lowest BCUT2D eigenvalue weighted by molar-refractivity contribution is -0.140. The van der Waals surface area contributed by atoms with Crippen molar-refractivity contribution in [2.75, 3.05) is 34.3 Å². The van der Waals surface area contributed by atoms with Gasteiger partial charge in [-0.1, -0.05) is 40.9 Å². The van der Waals surface area contributed by atoms with Crippen LogP contribution in [0.3, 0.4) is 0 Å². The molecule has 32 heavy (non-hydrogen) atoms. The molecule has 2 aromatic rings. The first-order chi connectivity index (χ1) is 15.1. The van der Waals surface area contributed by atoms with Gasteiger partial charge in [0.2, 0.25) is 0 Å². The molecule has 0 radical (unpaired) electrons. The normalized spacial score (nSPS) is 18.0. The minimum Gasteiger partial charge on any atom is -0.507 e. The topological polar surface area (TPSA) is 90.3 Å². The maximum absolute atomic E-state index is 13.1. The summed E-state index contributed by atoms with van der Waals surface area (Å²) in [6.45, 7) is 0.687. The van der Waals surface area contributed by atoms with Crippen LogP contribution >= 0.6 is 34.8 Å². The van der Waals surface area contributed by atoms with Crippen molar-refractivity contribution in [1.29, 1.82) is 0 Å². The van der Waals surface area contributed by atoms with E-state index in [1.54, 1.807) is 0 Å². The van der Waals surface area contributed by atoms with Crippen LogP contribution in [-0.4, -0.2) is 66.0 Å². The van der Waals surface area contributed by atoms with E-state index in [9.17, 15) is 19.8 Å². The number of phenols is 1. The Bertz CT molecular complexity index is 1120. The van der Waals surface area contributed by atoms with Crippen molar-refractivity contribution in [3.8, 4) is 11.5 Å². The third-order valence-electron chi connectivity index (χ3n) is 5.08. The molecule has 1 unspecified atom stereocenters. The number of likely N-dealkylation sites (N-methyl/N-ethyl adjacent to an activating group) is 1. The largest absolute Gasteiger partial charge is 0.507 e. The Kier molecular flexibility index (Phi) is 7.25. The number of methoxy groups -OCH3 is 1. The first-order valence-corrected chi connectivity index (χ1v) is 10.6. The van der Waals surface area contributed by atoms with Crippen molar-refractivity contribution >= 4 is 52.3 Å². The van der Waals surface area contributed by atoms with Crippen LogP contribution in [0.4, 0.5) is 0 Å². The number of halogens is 3. The van der Waals surface area contributed by atoms with Gasteiger partial charge in [0.1, 0.15) is 17.3 Å². The highest BCUT2D eigenvalue weighted by Crippen LogP contribution is 2.44. The predicted molar refractivity (Wildman–Crippen MR) is 124 cm³/mol. The number of carbonyl (C=O) groups is 2. The molecule has 1 atom stereocenters. The second-order valence-corrected chi connectivity index (χ2v) is 8.73. The number of nitrogens with zero attached hydrogens (tertiary/aromatic N) is 2. The molecular weight excluding hydrogens is 479 g/mol. The lowest BCUT2D eigenvalue weighted by Crippen LogP contribution is -2.35. The van der Waals surface area contributed by atoms with Crippen LogP contribution in [0, 0.1) is 0 Å². The number of hydrogen-bond donors (Lipinski definition) is 2. The summed E-state index contributed by atoms with van der Waals surface area (Å²) in [5.74, 6) is -2.16. The van der Waals surface area contributed by atoms with Gasteiger partial charge in [0.15, 0.2) is 0 Å². The maximum atomic E-state index is 13.1. The molecule has 1 fully saturated rings. The number of Topliss-reactive ketones (excluding diaryl/α,β-unsaturated/α-hetero) is 1. The summed E-state index contributed by atoms with van der Waals surface area (Å²) in [5, 5.41) is 21.4. The second-order valence-electron chi connectivity index (χ2n) is 7.48. The smallest absolute Gasteiger partial charge is 0.295 e. The zero-order valence-corrected chi connectivity index (χ0v) is 19.8. The first-order valence-electron chi connectivity index (χ1n) is 9.51. The first kappa shape index (κ1) is 24.2. The molecule has 7 nitrogen and oxygen atoms in total. The standard InChI is InChI=1S/C22H21Cl3N2O5/c1-26(2)6-7-27-18(11-4-5-16(28)14(24)8-11)17(20(30)22(27)31)19(29)13-9-12(23)10-15(25)21(13)32-3/h4-5,8-10,18,28-29H,6-7H2,1-3H3/b19-17+. The van der Waals surface area contributed by atoms with Crippen LogP contribution in [0.5, 0.6) is 11.5 Å². The van der Waals surface area contributed by atoms with Gasteiger partial charge in [-0.05, 0) is 43.9 Å². The number of ketones is 1. The number of aromatic hydroxyl groups is 1. The van der Waals surface area contributed by atoms with Crippen LogP contribution in [0.2, 0.25) is 15.1 Å². The van der Waals surface area contributed by atoms with Gasteiger partial charge >= 0.3 is 0 Å². The average Bonchev–Trinajstić information content (AvgIpc) is 2.97. The molecule has 2 N–H and O–H groups in total. The fourth-order valence-electron chi connectivity index (χ4n) is 3.55. The highest BCUT2D eigenvalue weighted by Gasteiger charge is 2.46. The third-order valence-corrected chi connectivity index (χ3v) is 5.88. The molecular formula is C22H21Cl3N2O5. The van der Waals surface area contributed by atoms with E-state index < -0.39 is 23.5 Å². The molecule has 0 aliphatic carbocycles. The Morgan fingerprint density at radius 2 is 1.81 bits per heavy atom. The number of likely N-dealkylation sites (tertiary alicyclic amines) is 1. The highest BCUT2D eigenvalue weighted by atomic mass is 35.5. The van der Waals surface area contributed by atoms with E-state index in [4.69, 9.17) is 39.5 Å². The third kappa shape index (κ3) is 4.52. The van der Waals surface area contributed by atoms with Crippen LogP contribution in [0.15, 0.2) is 35.9 Å². The number of aliphatic hydroxyl groups is 1. The summed E-state index contributed by atoms with van der Waals surface area (Å²) < 4.78 is 5.30. The van der Waals surface area contributed by atoms with Crippen LogP contribution in [0.25, 0.3) is 5.76 Å². The molecule has 1 aliphatic heterocycles. The molecule has 0 bridgehead atoms. The van der Waals surface area contributed by atoms with Crippen molar-refractivity contribution in [1.82, 2.24) is 9.80 Å². The fraction of sp³-hybridized carbons (Fsp3) is 0.273. The number of amides is 1. The predicted octanol–water partition coefficient (Wildman–Crippen LogP) is 4.34. The minimum atomic E-state index is -0.949. The van der Waals surface area contributed by atoms with Gasteiger partial charge in [-0.2, -0.15) is 0 Å². The molecule has 0 saturated carbocycles. The van der Waals surface area contributed by atoms with E-state index in [0.29, 0.717) is 12.1 Å². The monoisotopic (exact) mass is 498 g/mol. The maximum Gasteiger partial charge on any atom is 0.295 e. The number of ether oxygens (including phenoxy) is 1. The lowest BCUT2D eigenvalue weighted by atomic mass is 9.95. The Morgan fingerprint density at radius 3 is 2.41 bits per heavy atom. The van der Waals surface area contributed by atoms with Gasteiger partial charge in [-0.3, -0.25) is 9.59 Å². The minimum absolute atomic E-state index is 0.0454.